The van der Waals surface area contributed by atoms with Crippen LogP contribution in [0.25, 0.3) is 0 Å². The summed E-state index contributed by atoms with van der Waals surface area (Å²) in [5.41, 5.74) is 0.674. The number of hydrogen-bond acceptors (Lipinski definition) is 6. The van der Waals surface area contributed by atoms with E-state index in [9.17, 15) is 18.0 Å². The minimum Gasteiger partial charge on any atom is -0.306 e. The number of hydrogen-bond donors (Lipinski definition) is 1. The van der Waals surface area contributed by atoms with Crippen LogP contribution in [-0.4, -0.2) is 46.1 Å². The van der Waals surface area contributed by atoms with Crippen LogP contribution in [0.2, 0.25) is 0 Å². The highest BCUT2D eigenvalue weighted by molar-refractivity contribution is 7.90. The van der Waals surface area contributed by atoms with Crippen LogP contribution < -0.4 is 5.32 Å². The van der Waals surface area contributed by atoms with Crippen LogP contribution in [0.1, 0.15) is 16.1 Å². The molecule has 1 aromatic heterocycles. The Bertz CT molecular complexity index is 918. The molecule has 9 nitrogen and oxygen atoms in total. The van der Waals surface area contributed by atoms with E-state index in [1.54, 1.807) is 20.0 Å². The molecule has 0 saturated carbocycles. The van der Waals surface area contributed by atoms with E-state index < -0.39 is 28.4 Å². The fourth-order valence-corrected chi connectivity index (χ4v) is 3.73. The van der Waals surface area contributed by atoms with E-state index >= 15 is 0 Å². The van der Waals surface area contributed by atoms with Crippen LogP contribution in [0.15, 0.2) is 29.2 Å². The summed E-state index contributed by atoms with van der Waals surface area (Å²) in [6.07, 6.45) is 0. The van der Waals surface area contributed by atoms with Crippen molar-refractivity contribution in [3.63, 3.8) is 0 Å². The van der Waals surface area contributed by atoms with Gasteiger partial charge in [0.25, 0.3) is 15.9 Å². The number of nitrogens with zero attached hydrogens (tertiary/aromatic N) is 4. The molecule has 0 aliphatic carbocycles. The standard InChI is InChI=1S/C13H13N5O4S/c1-8-12(15-16-17(8)2)14-11(19)7-18-13(20)9-5-3-4-6-10(9)23(18,21)22/h3-6H,7H2,1-2H3,(H,14,19). The first kappa shape index (κ1) is 15.2. The van der Waals surface area contributed by atoms with Crippen molar-refractivity contribution < 1.29 is 18.0 Å². The van der Waals surface area contributed by atoms with Crippen molar-refractivity contribution >= 4 is 27.7 Å². The summed E-state index contributed by atoms with van der Waals surface area (Å²) >= 11 is 0. The molecule has 2 amide bonds. The monoisotopic (exact) mass is 335 g/mol. The van der Waals surface area contributed by atoms with Gasteiger partial charge in [-0.1, -0.05) is 17.3 Å². The zero-order valence-corrected chi connectivity index (χ0v) is 13.2. The van der Waals surface area contributed by atoms with Gasteiger partial charge in [-0.3, -0.25) is 14.3 Å². The quantitative estimate of drug-likeness (QED) is 0.838. The van der Waals surface area contributed by atoms with Gasteiger partial charge in [-0.25, -0.2) is 12.7 Å². The van der Waals surface area contributed by atoms with Crippen molar-refractivity contribution in [1.29, 1.82) is 0 Å². The molecule has 1 N–H and O–H groups in total. The summed E-state index contributed by atoms with van der Waals surface area (Å²) in [5, 5.41) is 9.93. The fraction of sp³-hybridized carbons (Fsp3) is 0.231. The summed E-state index contributed by atoms with van der Waals surface area (Å²) < 4.78 is 26.7. The largest absolute Gasteiger partial charge is 0.306 e. The molecule has 1 aliphatic heterocycles. The van der Waals surface area contributed by atoms with Crippen molar-refractivity contribution in [3.05, 3.63) is 35.5 Å². The lowest BCUT2D eigenvalue weighted by Crippen LogP contribution is -2.37. The van der Waals surface area contributed by atoms with Crippen molar-refractivity contribution in [3.8, 4) is 0 Å². The third-order valence-electron chi connectivity index (χ3n) is 3.56. The molecule has 120 valence electrons. The summed E-state index contributed by atoms with van der Waals surface area (Å²) in [4.78, 5) is 24.2. The van der Waals surface area contributed by atoms with Gasteiger partial charge in [-0.05, 0) is 19.1 Å². The molecule has 23 heavy (non-hydrogen) atoms. The molecule has 2 aromatic rings. The van der Waals surface area contributed by atoms with Gasteiger partial charge < -0.3 is 5.32 Å². The van der Waals surface area contributed by atoms with Crippen molar-refractivity contribution in [2.45, 2.75) is 11.8 Å². The Labute approximate surface area is 131 Å². The number of fused-ring (bicyclic) bond motifs is 1. The maximum absolute atomic E-state index is 12.3. The molecule has 2 heterocycles. The molecule has 0 atom stereocenters. The third-order valence-corrected chi connectivity index (χ3v) is 5.35. The van der Waals surface area contributed by atoms with Gasteiger partial charge >= 0.3 is 0 Å². The van der Waals surface area contributed by atoms with E-state index in [2.05, 4.69) is 15.6 Å². The Hall–Kier alpha value is -2.75. The average Bonchev–Trinajstić information content (AvgIpc) is 2.92. The fourth-order valence-electron chi connectivity index (χ4n) is 2.21. The lowest BCUT2D eigenvalue weighted by molar-refractivity contribution is -0.116. The van der Waals surface area contributed by atoms with Gasteiger partial charge in [-0.15, -0.1) is 5.10 Å². The van der Waals surface area contributed by atoms with Crippen LogP contribution in [0.5, 0.6) is 0 Å². The van der Waals surface area contributed by atoms with Gasteiger partial charge in [0.15, 0.2) is 5.82 Å². The number of benzene rings is 1. The number of carbonyl (C=O) groups is 2. The summed E-state index contributed by atoms with van der Waals surface area (Å²) in [6, 6.07) is 5.85. The average molecular weight is 335 g/mol. The zero-order chi connectivity index (χ0) is 16.8. The van der Waals surface area contributed by atoms with E-state index in [1.807, 2.05) is 0 Å². The first-order valence-corrected chi connectivity index (χ1v) is 8.08. The van der Waals surface area contributed by atoms with Gasteiger partial charge in [0.05, 0.1) is 11.3 Å². The van der Waals surface area contributed by atoms with Crippen LogP contribution in [0.4, 0.5) is 5.82 Å². The predicted molar refractivity (Wildman–Crippen MR) is 79.0 cm³/mol. The van der Waals surface area contributed by atoms with Gasteiger partial charge in [0.1, 0.15) is 11.4 Å². The van der Waals surface area contributed by atoms with Crippen LogP contribution >= 0.6 is 0 Å². The van der Waals surface area contributed by atoms with Crippen molar-refractivity contribution in [1.82, 2.24) is 19.3 Å². The van der Waals surface area contributed by atoms with Gasteiger partial charge in [0, 0.05) is 7.05 Å². The smallest absolute Gasteiger partial charge is 0.269 e. The lowest BCUT2D eigenvalue weighted by Gasteiger charge is -2.14. The van der Waals surface area contributed by atoms with E-state index in [0.717, 1.165) is 0 Å². The number of amides is 2. The van der Waals surface area contributed by atoms with E-state index in [4.69, 9.17) is 0 Å². The highest BCUT2D eigenvalue weighted by atomic mass is 32.2. The predicted octanol–water partition coefficient (Wildman–Crippen LogP) is -0.0933. The van der Waals surface area contributed by atoms with Gasteiger partial charge in [0.2, 0.25) is 5.91 Å². The Balaban J connectivity index is 1.83. The molecule has 0 spiro atoms. The molecule has 3 rings (SSSR count). The molecule has 1 aromatic carbocycles. The normalized spacial score (nSPS) is 15.6. The zero-order valence-electron chi connectivity index (χ0n) is 12.3. The first-order valence-electron chi connectivity index (χ1n) is 6.64. The number of aromatic nitrogens is 3. The number of anilines is 1. The highest BCUT2D eigenvalue weighted by Gasteiger charge is 2.41. The number of carbonyl (C=O) groups excluding carboxylic acids is 2. The summed E-state index contributed by atoms with van der Waals surface area (Å²) in [5.74, 6) is -1.16. The molecule has 0 unspecified atom stereocenters. The number of nitrogens with one attached hydrogen (secondary N) is 1. The SMILES string of the molecule is Cc1c(NC(=O)CN2C(=O)c3ccccc3S2(=O)=O)nnn1C. The number of rotatable bonds is 3. The van der Waals surface area contributed by atoms with E-state index in [0.29, 0.717) is 10.00 Å². The number of aryl methyl sites for hydroxylation is 1. The number of sulfonamides is 1. The Morgan fingerprint density at radius 2 is 2.00 bits per heavy atom. The van der Waals surface area contributed by atoms with Crippen LogP contribution in [0.3, 0.4) is 0 Å². The van der Waals surface area contributed by atoms with E-state index in [-0.39, 0.29) is 16.3 Å². The molecule has 0 radical (unpaired) electrons. The molecular weight excluding hydrogens is 322 g/mol. The van der Waals surface area contributed by atoms with E-state index in [1.165, 1.54) is 22.9 Å². The summed E-state index contributed by atoms with van der Waals surface area (Å²) in [6.45, 7) is 1.08. The highest BCUT2D eigenvalue weighted by Crippen LogP contribution is 2.29. The third kappa shape index (κ3) is 2.36. The molecule has 0 fully saturated rings. The maximum Gasteiger partial charge on any atom is 0.269 e. The molecule has 10 heteroatoms. The lowest BCUT2D eigenvalue weighted by atomic mass is 10.2. The second-order valence-corrected chi connectivity index (χ2v) is 6.84. The maximum atomic E-state index is 12.3. The van der Waals surface area contributed by atoms with Crippen molar-refractivity contribution in [2.75, 3.05) is 11.9 Å². The minimum absolute atomic E-state index is 0.0657. The first-order chi connectivity index (χ1) is 10.8. The van der Waals surface area contributed by atoms with Gasteiger partial charge in [-0.2, -0.15) is 0 Å². The molecule has 1 aliphatic rings. The van der Waals surface area contributed by atoms with Crippen LogP contribution in [-0.2, 0) is 21.9 Å². The molecular formula is C13H13N5O4S. The second-order valence-electron chi connectivity index (χ2n) is 5.01. The molecule has 0 saturated heterocycles. The Morgan fingerprint density at radius 1 is 1.30 bits per heavy atom. The van der Waals surface area contributed by atoms with Crippen molar-refractivity contribution in [2.24, 2.45) is 7.05 Å². The summed E-state index contributed by atoms with van der Waals surface area (Å²) in [7, 11) is -2.35. The second kappa shape index (κ2) is 5.16. The Kier molecular flexibility index (Phi) is 3.40. The topological polar surface area (TPSA) is 114 Å². The minimum atomic E-state index is -4.01. The van der Waals surface area contributed by atoms with Crippen LogP contribution in [0, 0.1) is 6.92 Å². The Morgan fingerprint density at radius 3 is 2.61 bits per heavy atom. The molecule has 0 bridgehead atoms.